The summed E-state index contributed by atoms with van der Waals surface area (Å²) in [6.45, 7) is 3.72. The lowest BCUT2D eigenvalue weighted by molar-refractivity contribution is -0.141. The van der Waals surface area contributed by atoms with E-state index in [-0.39, 0.29) is 18.1 Å². The van der Waals surface area contributed by atoms with Crippen LogP contribution in [0, 0.1) is 5.92 Å². The van der Waals surface area contributed by atoms with Crippen LogP contribution in [0.25, 0.3) is 0 Å². The van der Waals surface area contributed by atoms with Gasteiger partial charge in [0, 0.05) is 19.7 Å². The van der Waals surface area contributed by atoms with Gasteiger partial charge in [-0.15, -0.1) is 0 Å². The van der Waals surface area contributed by atoms with Crippen LogP contribution in [0.2, 0.25) is 0 Å². The average Bonchev–Trinajstić information content (AvgIpc) is 2.69. The Kier molecular flexibility index (Phi) is 5.85. The summed E-state index contributed by atoms with van der Waals surface area (Å²) < 4.78 is 5.51. The van der Waals surface area contributed by atoms with Gasteiger partial charge in [-0.1, -0.05) is 19.3 Å². The zero-order chi connectivity index (χ0) is 15.2. The minimum absolute atomic E-state index is 0.00351. The zero-order valence-corrected chi connectivity index (χ0v) is 12.7. The molecule has 0 spiro atoms. The van der Waals surface area contributed by atoms with Gasteiger partial charge >= 0.3 is 12.0 Å². The Labute approximate surface area is 125 Å². The number of carboxylic acid groups (broad SMARTS) is 1. The minimum atomic E-state index is -0.922. The smallest absolute Gasteiger partial charge is 0.326 e. The lowest BCUT2D eigenvalue weighted by Gasteiger charge is -2.30. The van der Waals surface area contributed by atoms with Gasteiger partial charge in [0.25, 0.3) is 0 Å². The number of carbonyl (C=O) groups is 2. The molecule has 0 aromatic carbocycles. The van der Waals surface area contributed by atoms with Crippen LogP contribution in [0.5, 0.6) is 0 Å². The molecule has 2 unspecified atom stereocenters. The van der Waals surface area contributed by atoms with Crippen molar-refractivity contribution in [3.63, 3.8) is 0 Å². The van der Waals surface area contributed by atoms with Crippen LogP contribution in [-0.4, -0.2) is 53.8 Å². The Morgan fingerprint density at radius 2 is 1.95 bits per heavy atom. The maximum atomic E-state index is 12.3. The molecule has 120 valence electrons. The molecule has 1 heterocycles. The number of ether oxygens (including phenoxy) is 1. The maximum Gasteiger partial charge on any atom is 0.326 e. The number of urea groups is 1. The third-order valence-corrected chi connectivity index (χ3v) is 4.41. The van der Waals surface area contributed by atoms with Crippen LogP contribution in [-0.2, 0) is 9.53 Å². The standard InChI is InChI=1S/C15H26N2O4/c1-11-10-17(8-5-9-21-11)15(20)16-13(14(18)19)12-6-3-2-4-7-12/h11-13H,2-10H2,1H3,(H,16,20)(H,18,19). The van der Waals surface area contributed by atoms with Crippen molar-refractivity contribution in [2.75, 3.05) is 19.7 Å². The van der Waals surface area contributed by atoms with Gasteiger partial charge in [0.05, 0.1) is 6.10 Å². The van der Waals surface area contributed by atoms with E-state index in [4.69, 9.17) is 4.74 Å². The Morgan fingerprint density at radius 1 is 1.24 bits per heavy atom. The molecule has 1 saturated carbocycles. The molecule has 2 amide bonds. The summed E-state index contributed by atoms with van der Waals surface area (Å²) in [5.41, 5.74) is 0. The summed E-state index contributed by atoms with van der Waals surface area (Å²) in [5.74, 6) is -0.866. The first-order valence-electron chi connectivity index (χ1n) is 7.98. The first kappa shape index (κ1) is 16.1. The highest BCUT2D eigenvalue weighted by Crippen LogP contribution is 2.26. The van der Waals surface area contributed by atoms with Crippen LogP contribution in [0.3, 0.4) is 0 Å². The number of amides is 2. The number of hydrogen-bond acceptors (Lipinski definition) is 3. The highest BCUT2D eigenvalue weighted by atomic mass is 16.5. The Morgan fingerprint density at radius 3 is 2.62 bits per heavy atom. The molecular weight excluding hydrogens is 272 g/mol. The number of aliphatic carboxylic acids is 1. The predicted octanol–water partition coefficient (Wildman–Crippen LogP) is 1.84. The summed E-state index contributed by atoms with van der Waals surface area (Å²) in [6, 6.07) is -1.04. The van der Waals surface area contributed by atoms with E-state index in [1.807, 2.05) is 6.92 Å². The summed E-state index contributed by atoms with van der Waals surface area (Å²) in [5, 5.41) is 12.2. The van der Waals surface area contributed by atoms with Gasteiger partial charge < -0.3 is 20.1 Å². The van der Waals surface area contributed by atoms with Gasteiger partial charge in [0.15, 0.2) is 0 Å². The van der Waals surface area contributed by atoms with Crippen LogP contribution in [0.1, 0.15) is 45.4 Å². The topological polar surface area (TPSA) is 78.9 Å². The van der Waals surface area contributed by atoms with Crippen molar-refractivity contribution in [2.24, 2.45) is 5.92 Å². The molecule has 1 aliphatic heterocycles. The number of carboxylic acids is 1. The van der Waals surface area contributed by atoms with Crippen molar-refractivity contribution in [1.29, 1.82) is 0 Å². The quantitative estimate of drug-likeness (QED) is 0.833. The number of nitrogens with zero attached hydrogens (tertiary/aromatic N) is 1. The fourth-order valence-corrected chi connectivity index (χ4v) is 3.25. The van der Waals surface area contributed by atoms with E-state index < -0.39 is 12.0 Å². The second-order valence-corrected chi connectivity index (χ2v) is 6.14. The zero-order valence-electron chi connectivity index (χ0n) is 12.7. The van der Waals surface area contributed by atoms with E-state index in [2.05, 4.69) is 5.32 Å². The van der Waals surface area contributed by atoms with Crippen molar-refractivity contribution in [2.45, 2.75) is 57.6 Å². The molecule has 0 aromatic heterocycles. The fraction of sp³-hybridized carbons (Fsp3) is 0.867. The molecule has 6 nitrogen and oxygen atoms in total. The van der Waals surface area contributed by atoms with Crippen molar-refractivity contribution in [3.8, 4) is 0 Å². The molecule has 2 aliphatic rings. The summed E-state index contributed by atoms with van der Waals surface area (Å²) in [6.07, 6.45) is 5.83. The molecule has 1 aliphatic carbocycles. The van der Waals surface area contributed by atoms with Gasteiger partial charge in [0.2, 0.25) is 0 Å². The molecule has 6 heteroatoms. The second-order valence-electron chi connectivity index (χ2n) is 6.14. The van der Waals surface area contributed by atoms with Crippen LogP contribution < -0.4 is 5.32 Å². The third-order valence-electron chi connectivity index (χ3n) is 4.41. The van der Waals surface area contributed by atoms with Gasteiger partial charge in [-0.25, -0.2) is 9.59 Å². The SMILES string of the molecule is CC1CN(C(=O)NC(C(=O)O)C2CCCCC2)CCCO1. The third kappa shape index (κ3) is 4.59. The maximum absolute atomic E-state index is 12.3. The Bertz CT molecular complexity index is 369. The van der Waals surface area contributed by atoms with E-state index in [1.165, 1.54) is 0 Å². The van der Waals surface area contributed by atoms with Gasteiger partial charge in [-0.2, -0.15) is 0 Å². The van der Waals surface area contributed by atoms with Crippen molar-refractivity contribution >= 4 is 12.0 Å². The molecule has 1 saturated heterocycles. The van der Waals surface area contributed by atoms with Gasteiger partial charge in [-0.05, 0) is 32.1 Å². The molecule has 2 N–H and O–H groups in total. The molecule has 21 heavy (non-hydrogen) atoms. The normalized spacial score (nSPS) is 26.0. The fourth-order valence-electron chi connectivity index (χ4n) is 3.25. The molecular formula is C15H26N2O4. The summed E-state index contributed by atoms with van der Waals surface area (Å²) in [4.78, 5) is 25.5. The number of rotatable bonds is 3. The molecule has 0 radical (unpaired) electrons. The highest BCUT2D eigenvalue weighted by Gasteiger charge is 2.32. The molecule has 2 rings (SSSR count). The predicted molar refractivity (Wildman–Crippen MR) is 78.1 cm³/mol. The minimum Gasteiger partial charge on any atom is -0.480 e. The number of carbonyl (C=O) groups excluding carboxylic acids is 1. The average molecular weight is 298 g/mol. The lowest BCUT2D eigenvalue weighted by atomic mass is 9.84. The van der Waals surface area contributed by atoms with Crippen LogP contribution >= 0.6 is 0 Å². The van der Waals surface area contributed by atoms with Crippen LogP contribution in [0.15, 0.2) is 0 Å². The molecule has 0 aromatic rings. The van der Waals surface area contributed by atoms with Crippen molar-refractivity contribution in [3.05, 3.63) is 0 Å². The first-order chi connectivity index (χ1) is 10.1. The largest absolute Gasteiger partial charge is 0.480 e. The van der Waals surface area contributed by atoms with E-state index >= 15 is 0 Å². The van der Waals surface area contributed by atoms with E-state index in [9.17, 15) is 14.7 Å². The highest BCUT2D eigenvalue weighted by molar-refractivity contribution is 5.82. The summed E-state index contributed by atoms with van der Waals surface area (Å²) in [7, 11) is 0. The molecule has 2 atom stereocenters. The summed E-state index contributed by atoms with van der Waals surface area (Å²) >= 11 is 0. The van der Waals surface area contributed by atoms with Gasteiger partial charge in [-0.3, -0.25) is 0 Å². The lowest BCUT2D eigenvalue weighted by Crippen LogP contribution is -2.52. The van der Waals surface area contributed by atoms with E-state index in [1.54, 1.807) is 4.90 Å². The Balaban J connectivity index is 1.95. The van der Waals surface area contributed by atoms with Crippen molar-refractivity contribution in [1.82, 2.24) is 10.2 Å². The Hall–Kier alpha value is -1.30. The van der Waals surface area contributed by atoms with Crippen LogP contribution in [0.4, 0.5) is 4.79 Å². The monoisotopic (exact) mass is 298 g/mol. The molecule has 0 bridgehead atoms. The van der Waals surface area contributed by atoms with Gasteiger partial charge in [0.1, 0.15) is 6.04 Å². The van der Waals surface area contributed by atoms with E-state index in [0.717, 1.165) is 38.5 Å². The number of nitrogens with one attached hydrogen (secondary N) is 1. The second kappa shape index (κ2) is 7.64. The van der Waals surface area contributed by atoms with E-state index in [0.29, 0.717) is 19.7 Å². The molecule has 2 fully saturated rings. The first-order valence-corrected chi connectivity index (χ1v) is 7.98. The van der Waals surface area contributed by atoms with Crippen molar-refractivity contribution < 1.29 is 19.4 Å². The number of hydrogen-bond donors (Lipinski definition) is 2.